The minimum absolute atomic E-state index is 0.0495. The van der Waals surface area contributed by atoms with Crippen molar-refractivity contribution in [3.63, 3.8) is 0 Å². The number of halogens is 6. The van der Waals surface area contributed by atoms with Crippen molar-refractivity contribution in [2.24, 2.45) is 0 Å². The largest absolute Gasteiger partial charge is 0.433 e. The SMILES string of the molecule is CN(C)c1ccc(-c2ccc3c(C(F)(F)F)cc(C(F)(F)F)nc3c2)cc1. The normalized spacial score (nSPS) is 12.4. The molecule has 0 radical (unpaired) electrons. The summed E-state index contributed by atoms with van der Waals surface area (Å²) in [6.45, 7) is 0. The van der Waals surface area contributed by atoms with Crippen LogP contribution >= 0.6 is 0 Å². The lowest BCUT2D eigenvalue weighted by Crippen LogP contribution is -2.13. The fourth-order valence-corrected chi connectivity index (χ4v) is 2.74. The third kappa shape index (κ3) is 3.84. The van der Waals surface area contributed by atoms with E-state index in [9.17, 15) is 26.3 Å². The highest BCUT2D eigenvalue weighted by Crippen LogP contribution is 2.39. The standard InChI is InChI=1S/C19H14F6N2/c1-27(2)13-6-3-11(4-7-13)12-5-8-14-15(18(20,21)22)10-17(19(23,24)25)26-16(14)9-12/h3-10H,1-2H3. The molecule has 0 N–H and O–H groups in total. The summed E-state index contributed by atoms with van der Waals surface area (Å²) in [5, 5.41) is -0.371. The zero-order chi connectivity index (χ0) is 20.0. The van der Waals surface area contributed by atoms with Gasteiger partial charge in [0.15, 0.2) is 0 Å². The average Bonchev–Trinajstić information content (AvgIpc) is 2.58. The van der Waals surface area contributed by atoms with Gasteiger partial charge in [-0.05, 0) is 35.4 Å². The van der Waals surface area contributed by atoms with Crippen molar-refractivity contribution in [1.82, 2.24) is 4.98 Å². The van der Waals surface area contributed by atoms with Crippen LogP contribution in [0.4, 0.5) is 32.0 Å². The van der Waals surface area contributed by atoms with Gasteiger partial charge in [-0.15, -0.1) is 0 Å². The lowest BCUT2D eigenvalue weighted by Gasteiger charge is -2.15. The number of aromatic nitrogens is 1. The van der Waals surface area contributed by atoms with Crippen molar-refractivity contribution in [3.05, 3.63) is 59.8 Å². The number of anilines is 1. The Bertz CT molecular complexity index is 972. The van der Waals surface area contributed by atoms with Crippen molar-refractivity contribution in [2.75, 3.05) is 19.0 Å². The Morgan fingerprint density at radius 3 is 1.85 bits per heavy atom. The van der Waals surface area contributed by atoms with E-state index in [4.69, 9.17) is 0 Å². The van der Waals surface area contributed by atoms with Gasteiger partial charge in [-0.2, -0.15) is 26.3 Å². The number of hydrogen-bond acceptors (Lipinski definition) is 2. The molecular weight excluding hydrogens is 370 g/mol. The number of alkyl halides is 6. The molecule has 3 aromatic rings. The molecular formula is C19H14F6N2. The van der Waals surface area contributed by atoms with Crippen molar-refractivity contribution < 1.29 is 26.3 Å². The lowest BCUT2D eigenvalue weighted by atomic mass is 10.0. The molecule has 2 nitrogen and oxygen atoms in total. The van der Waals surface area contributed by atoms with Crippen molar-refractivity contribution >= 4 is 16.6 Å². The van der Waals surface area contributed by atoms with Gasteiger partial charge in [-0.3, -0.25) is 0 Å². The Labute approximate surface area is 151 Å². The van der Waals surface area contributed by atoms with Crippen LogP contribution in [0.2, 0.25) is 0 Å². The van der Waals surface area contributed by atoms with Gasteiger partial charge < -0.3 is 4.90 Å². The molecule has 2 aromatic carbocycles. The number of rotatable bonds is 2. The molecule has 27 heavy (non-hydrogen) atoms. The minimum atomic E-state index is -4.97. The van der Waals surface area contributed by atoms with E-state index in [1.165, 1.54) is 12.1 Å². The highest BCUT2D eigenvalue weighted by molar-refractivity contribution is 5.87. The molecule has 0 aliphatic carbocycles. The smallest absolute Gasteiger partial charge is 0.378 e. The second-order valence-electron chi connectivity index (χ2n) is 6.22. The van der Waals surface area contributed by atoms with Gasteiger partial charge in [-0.1, -0.05) is 24.3 Å². The molecule has 0 bridgehead atoms. The highest BCUT2D eigenvalue weighted by atomic mass is 19.4. The number of hydrogen-bond donors (Lipinski definition) is 0. The summed E-state index contributed by atoms with van der Waals surface area (Å²) < 4.78 is 78.7. The number of pyridine rings is 1. The maximum Gasteiger partial charge on any atom is 0.433 e. The van der Waals surface area contributed by atoms with Gasteiger partial charge in [0.1, 0.15) is 5.69 Å². The highest BCUT2D eigenvalue weighted by Gasteiger charge is 2.39. The van der Waals surface area contributed by atoms with Gasteiger partial charge in [0.05, 0.1) is 11.1 Å². The molecule has 0 spiro atoms. The Morgan fingerprint density at radius 1 is 0.741 bits per heavy atom. The summed E-state index contributed by atoms with van der Waals surface area (Å²) in [7, 11) is 3.71. The quantitative estimate of drug-likeness (QED) is 0.504. The number of fused-ring (bicyclic) bond motifs is 1. The average molecular weight is 384 g/mol. The summed E-state index contributed by atoms with van der Waals surface area (Å²) in [6.07, 6.45) is -9.90. The zero-order valence-corrected chi connectivity index (χ0v) is 14.3. The maximum atomic E-state index is 13.2. The van der Waals surface area contributed by atoms with E-state index >= 15 is 0 Å². The zero-order valence-electron chi connectivity index (χ0n) is 14.3. The first kappa shape index (κ1) is 19.0. The number of benzene rings is 2. The van der Waals surface area contributed by atoms with Crippen molar-refractivity contribution in [2.45, 2.75) is 12.4 Å². The van der Waals surface area contributed by atoms with Crippen LogP contribution in [0, 0.1) is 0 Å². The maximum absolute atomic E-state index is 13.2. The molecule has 142 valence electrons. The summed E-state index contributed by atoms with van der Waals surface area (Å²) in [6, 6.07) is 11.0. The molecule has 0 unspecified atom stereocenters. The lowest BCUT2D eigenvalue weighted by molar-refractivity contribution is -0.144. The molecule has 1 heterocycles. The van der Waals surface area contributed by atoms with Crippen LogP contribution in [0.25, 0.3) is 22.0 Å². The molecule has 0 fully saturated rings. The molecule has 0 aliphatic rings. The van der Waals surface area contributed by atoms with Gasteiger partial charge in [-0.25, -0.2) is 4.98 Å². The van der Waals surface area contributed by atoms with Gasteiger partial charge in [0, 0.05) is 25.2 Å². The van der Waals surface area contributed by atoms with Crippen LogP contribution < -0.4 is 4.90 Å². The molecule has 3 rings (SSSR count). The summed E-state index contributed by atoms with van der Waals surface area (Å²) in [4.78, 5) is 5.29. The van der Waals surface area contributed by atoms with Crippen LogP contribution in [-0.2, 0) is 12.4 Å². The third-order valence-electron chi connectivity index (χ3n) is 4.12. The van der Waals surface area contributed by atoms with E-state index in [0.29, 0.717) is 11.1 Å². The molecule has 0 aliphatic heterocycles. The molecule has 8 heteroatoms. The first-order valence-corrected chi connectivity index (χ1v) is 7.84. The van der Waals surface area contributed by atoms with E-state index in [1.807, 2.05) is 19.0 Å². The van der Waals surface area contributed by atoms with E-state index in [-0.39, 0.29) is 17.0 Å². The summed E-state index contributed by atoms with van der Waals surface area (Å²) in [5.41, 5.74) is -1.22. The Kier molecular flexibility index (Phi) is 4.53. The van der Waals surface area contributed by atoms with E-state index < -0.39 is 23.6 Å². The van der Waals surface area contributed by atoms with Crippen LogP contribution in [0.1, 0.15) is 11.3 Å². The molecule has 1 aromatic heterocycles. The van der Waals surface area contributed by atoms with Gasteiger partial charge in [0.25, 0.3) is 0 Å². The topological polar surface area (TPSA) is 16.1 Å². The van der Waals surface area contributed by atoms with E-state index in [1.54, 1.807) is 24.3 Å². The van der Waals surface area contributed by atoms with Crippen molar-refractivity contribution in [3.8, 4) is 11.1 Å². The summed E-state index contributed by atoms with van der Waals surface area (Å²) in [5.74, 6) is 0. The van der Waals surface area contributed by atoms with Crippen LogP contribution in [0.3, 0.4) is 0 Å². The van der Waals surface area contributed by atoms with E-state index in [2.05, 4.69) is 4.98 Å². The Hall–Kier alpha value is -2.77. The van der Waals surface area contributed by atoms with Crippen LogP contribution in [-0.4, -0.2) is 19.1 Å². The number of nitrogens with zero attached hydrogens (tertiary/aromatic N) is 2. The van der Waals surface area contributed by atoms with Gasteiger partial charge in [0.2, 0.25) is 0 Å². The van der Waals surface area contributed by atoms with Crippen molar-refractivity contribution in [1.29, 1.82) is 0 Å². The molecule has 0 atom stereocenters. The predicted molar refractivity (Wildman–Crippen MR) is 91.5 cm³/mol. The van der Waals surface area contributed by atoms with Gasteiger partial charge >= 0.3 is 12.4 Å². The second-order valence-corrected chi connectivity index (χ2v) is 6.22. The minimum Gasteiger partial charge on any atom is -0.378 e. The Morgan fingerprint density at radius 2 is 1.33 bits per heavy atom. The Balaban J connectivity index is 2.19. The fourth-order valence-electron chi connectivity index (χ4n) is 2.74. The first-order chi connectivity index (χ1) is 12.5. The third-order valence-corrected chi connectivity index (χ3v) is 4.12. The molecule has 0 saturated carbocycles. The summed E-state index contributed by atoms with van der Waals surface area (Å²) >= 11 is 0. The second kappa shape index (κ2) is 6.44. The first-order valence-electron chi connectivity index (χ1n) is 7.84. The van der Waals surface area contributed by atoms with Crippen LogP contribution in [0.15, 0.2) is 48.5 Å². The fraction of sp³-hybridized carbons (Fsp3) is 0.211. The molecule has 0 saturated heterocycles. The predicted octanol–water partition coefficient (Wildman–Crippen LogP) is 6.01. The molecule has 0 amide bonds. The van der Waals surface area contributed by atoms with Crippen LogP contribution in [0.5, 0.6) is 0 Å². The van der Waals surface area contributed by atoms with E-state index in [0.717, 1.165) is 11.8 Å². The monoisotopic (exact) mass is 384 g/mol.